The Labute approximate surface area is 159 Å². The van der Waals surface area contributed by atoms with Crippen molar-refractivity contribution in [1.82, 2.24) is 5.32 Å². The maximum absolute atomic E-state index is 12.8. The van der Waals surface area contributed by atoms with Crippen molar-refractivity contribution in [2.45, 2.75) is 26.8 Å². The van der Waals surface area contributed by atoms with Gasteiger partial charge in [0, 0.05) is 11.6 Å². The van der Waals surface area contributed by atoms with Gasteiger partial charge in [-0.15, -0.1) is 0 Å². The van der Waals surface area contributed by atoms with Gasteiger partial charge in [0.25, 0.3) is 5.91 Å². The van der Waals surface area contributed by atoms with Crippen molar-refractivity contribution in [3.05, 3.63) is 53.6 Å². The number of carbonyl (C=O) groups excluding carboxylic acids is 2. The summed E-state index contributed by atoms with van der Waals surface area (Å²) >= 11 is 0. The summed E-state index contributed by atoms with van der Waals surface area (Å²) < 4.78 is 10.5. The molecule has 0 aliphatic rings. The molecule has 1 unspecified atom stereocenters. The highest BCUT2D eigenvalue weighted by molar-refractivity contribution is 6.02. The molecule has 27 heavy (non-hydrogen) atoms. The lowest BCUT2D eigenvalue weighted by atomic mass is 10.0. The molecule has 2 aromatic rings. The van der Waals surface area contributed by atoms with Gasteiger partial charge in [-0.1, -0.05) is 31.5 Å². The van der Waals surface area contributed by atoms with Gasteiger partial charge < -0.3 is 20.1 Å². The number of rotatable bonds is 7. The number of benzene rings is 2. The predicted octanol–water partition coefficient (Wildman–Crippen LogP) is 3.41. The number of hydrogen-bond acceptors (Lipinski definition) is 4. The molecule has 0 aliphatic heterocycles. The fourth-order valence-corrected chi connectivity index (χ4v) is 2.67. The van der Waals surface area contributed by atoms with Gasteiger partial charge in [-0.05, 0) is 37.1 Å². The van der Waals surface area contributed by atoms with Crippen LogP contribution in [0.2, 0.25) is 0 Å². The average Bonchev–Trinajstić information content (AvgIpc) is 2.65. The molecule has 0 fully saturated rings. The van der Waals surface area contributed by atoms with Crippen LogP contribution in [-0.2, 0) is 4.79 Å². The third-order valence-corrected chi connectivity index (χ3v) is 4.18. The Morgan fingerprint density at radius 2 is 1.74 bits per heavy atom. The molecular formula is C21H26N2O4. The molecule has 0 saturated heterocycles. The van der Waals surface area contributed by atoms with E-state index < -0.39 is 6.04 Å². The molecule has 0 aromatic heterocycles. The number of hydrogen-bond donors (Lipinski definition) is 2. The van der Waals surface area contributed by atoms with Crippen molar-refractivity contribution >= 4 is 17.5 Å². The van der Waals surface area contributed by atoms with Gasteiger partial charge >= 0.3 is 0 Å². The first kappa shape index (κ1) is 20.3. The molecule has 1 atom stereocenters. The van der Waals surface area contributed by atoms with E-state index in [-0.39, 0.29) is 17.7 Å². The van der Waals surface area contributed by atoms with Crippen molar-refractivity contribution < 1.29 is 19.1 Å². The second-order valence-electron chi connectivity index (χ2n) is 6.62. The van der Waals surface area contributed by atoms with Gasteiger partial charge in [-0.3, -0.25) is 9.59 Å². The first-order chi connectivity index (χ1) is 12.8. The summed E-state index contributed by atoms with van der Waals surface area (Å²) in [5.41, 5.74) is 1.99. The Kier molecular flexibility index (Phi) is 6.82. The van der Waals surface area contributed by atoms with Crippen LogP contribution in [0.25, 0.3) is 0 Å². The molecule has 6 nitrogen and oxygen atoms in total. The van der Waals surface area contributed by atoms with Crippen molar-refractivity contribution in [2.75, 3.05) is 19.5 Å². The standard InChI is InChI=1S/C21H26N2O4/c1-13(2)19(23-20(24)15-8-6-7-14(3)11-15)21(25)22-17-12-16(26-4)9-10-18(17)27-5/h6-13,19H,1-5H3,(H,22,25)(H,23,24). The number of carbonyl (C=O) groups is 2. The minimum Gasteiger partial charge on any atom is -0.497 e. The SMILES string of the molecule is COc1ccc(OC)c(NC(=O)C(NC(=O)c2cccc(C)c2)C(C)C)c1. The van der Waals surface area contributed by atoms with Gasteiger partial charge in [0.05, 0.1) is 19.9 Å². The van der Waals surface area contributed by atoms with Crippen LogP contribution in [0.15, 0.2) is 42.5 Å². The lowest BCUT2D eigenvalue weighted by Crippen LogP contribution is -2.47. The molecular weight excluding hydrogens is 344 g/mol. The van der Waals surface area contributed by atoms with E-state index in [0.717, 1.165) is 5.56 Å². The number of anilines is 1. The average molecular weight is 370 g/mol. The van der Waals surface area contributed by atoms with Gasteiger partial charge in [-0.25, -0.2) is 0 Å². The molecule has 144 valence electrons. The number of nitrogens with one attached hydrogen (secondary N) is 2. The van der Waals surface area contributed by atoms with E-state index in [2.05, 4.69) is 10.6 Å². The monoisotopic (exact) mass is 370 g/mol. The van der Waals surface area contributed by atoms with E-state index in [1.54, 1.807) is 37.4 Å². The van der Waals surface area contributed by atoms with Crippen LogP contribution in [0, 0.1) is 12.8 Å². The normalized spacial score (nSPS) is 11.6. The Hall–Kier alpha value is -3.02. The molecule has 0 bridgehead atoms. The minimum absolute atomic E-state index is 0.102. The van der Waals surface area contributed by atoms with Crippen molar-refractivity contribution in [3.63, 3.8) is 0 Å². The third kappa shape index (κ3) is 5.23. The molecule has 2 rings (SSSR count). The molecule has 2 aromatic carbocycles. The number of methoxy groups -OCH3 is 2. The Balaban J connectivity index is 2.19. The van der Waals surface area contributed by atoms with E-state index in [1.165, 1.54) is 7.11 Å². The molecule has 0 radical (unpaired) electrons. The van der Waals surface area contributed by atoms with Crippen molar-refractivity contribution in [2.24, 2.45) is 5.92 Å². The van der Waals surface area contributed by atoms with Crippen LogP contribution >= 0.6 is 0 Å². The summed E-state index contributed by atoms with van der Waals surface area (Å²) in [4.78, 5) is 25.4. The second kappa shape index (κ2) is 9.07. The summed E-state index contributed by atoms with van der Waals surface area (Å²) in [6, 6.07) is 11.7. The summed E-state index contributed by atoms with van der Waals surface area (Å²) in [6.07, 6.45) is 0. The van der Waals surface area contributed by atoms with Crippen LogP contribution in [0.5, 0.6) is 11.5 Å². The summed E-state index contributed by atoms with van der Waals surface area (Å²) in [6.45, 7) is 5.67. The zero-order valence-corrected chi connectivity index (χ0v) is 16.3. The highest BCUT2D eigenvalue weighted by atomic mass is 16.5. The third-order valence-electron chi connectivity index (χ3n) is 4.18. The first-order valence-corrected chi connectivity index (χ1v) is 8.76. The van der Waals surface area contributed by atoms with E-state index in [0.29, 0.717) is 22.7 Å². The van der Waals surface area contributed by atoms with Gasteiger partial charge in [0.15, 0.2) is 0 Å². The van der Waals surface area contributed by atoms with Gasteiger partial charge in [0.1, 0.15) is 17.5 Å². The number of amides is 2. The highest BCUT2D eigenvalue weighted by Crippen LogP contribution is 2.29. The van der Waals surface area contributed by atoms with Crippen LogP contribution in [-0.4, -0.2) is 32.1 Å². The first-order valence-electron chi connectivity index (χ1n) is 8.76. The fraction of sp³-hybridized carbons (Fsp3) is 0.333. The second-order valence-corrected chi connectivity index (χ2v) is 6.62. The van der Waals surface area contributed by atoms with E-state index >= 15 is 0 Å². The maximum Gasteiger partial charge on any atom is 0.251 e. The Morgan fingerprint density at radius 1 is 1.00 bits per heavy atom. The molecule has 2 N–H and O–H groups in total. The predicted molar refractivity (Wildman–Crippen MR) is 105 cm³/mol. The molecule has 0 saturated carbocycles. The zero-order valence-electron chi connectivity index (χ0n) is 16.3. The van der Waals surface area contributed by atoms with Gasteiger partial charge in [0.2, 0.25) is 5.91 Å². The Morgan fingerprint density at radius 3 is 2.33 bits per heavy atom. The molecule has 0 aliphatic carbocycles. The molecule has 0 heterocycles. The summed E-state index contributed by atoms with van der Waals surface area (Å²) in [5.74, 6) is 0.394. The van der Waals surface area contributed by atoms with Crippen molar-refractivity contribution in [3.8, 4) is 11.5 Å². The minimum atomic E-state index is -0.700. The van der Waals surface area contributed by atoms with Crippen LogP contribution in [0.3, 0.4) is 0 Å². The largest absolute Gasteiger partial charge is 0.497 e. The summed E-state index contributed by atoms with van der Waals surface area (Å²) in [7, 11) is 3.07. The van der Waals surface area contributed by atoms with E-state index in [4.69, 9.17) is 9.47 Å². The Bertz CT molecular complexity index is 818. The fourth-order valence-electron chi connectivity index (χ4n) is 2.67. The zero-order chi connectivity index (χ0) is 20.0. The highest BCUT2D eigenvalue weighted by Gasteiger charge is 2.25. The quantitative estimate of drug-likeness (QED) is 0.783. The number of ether oxygens (including phenoxy) is 2. The maximum atomic E-state index is 12.8. The van der Waals surface area contributed by atoms with Crippen LogP contribution < -0.4 is 20.1 Å². The lowest BCUT2D eigenvalue weighted by molar-refractivity contribution is -0.118. The van der Waals surface area contributed by atoms with Gasteiger partial charge in [-0.2, -0.15) is 0 Å². The van der Waals surface area contributed by atoms with Crippen molar-refractivity contribution in [1.29, 1.82) is 0 Å². The molecule has 2 amide bonds. The van der Waals surface area contributed by atoms with Crippen LogP contribution in [0.1, 0.15) is 29.8 Å². The van der Waals surface area contributed by atoms with E-state index in [1.807, 2.05) is 32.9 Å². The topological polar surface area (TPSA) is 76.7 Å². The number of aryl methyl sites for hydroxylation is 1. The molecule has 6 heteroatoms. The lowest BCUT2D eigenvalue weighted by Gasteiger charge is -2.22. The smallest absolute Gasteiger partial charge is 0.251 e. The van der Waals surface area contributed by atoms with Crippen LogP contribution in [0.4, 0.5) is 5.69 Å². The molecule has 0 spiro atoms. The van der Waals surface area contributed by atoms with E-state index in [9.17, 15) is 9.59 Å². The summed E-state index contributed by atoms with van der Waals surface area (Å²) in [5, 5.41) is 5.65.